The molecule has 0 aliphatic carbocycles. The number of carbonyl (C=O) groups excluding carboxylic acids is 4. The fraction of sp³-hybridized carbons (Fsp3) is 0.724. The van der Waals surface area contributed by atoms with Gasteiger partial charge in [-0.15, -0.1) is 0 Å². The highest BCUT2D eigenvalue weighted by molar-refractivity contribution is 7.47. The summed E-state index contributed by atoms with van der Waals surface area (Å²) in [7, 11) is -9.98. The van der Waals surface area contributed by atoms with Gasteiger partial charge in [-0.1, -0.05) is 284 Å². The number of allylic oxidation sites excluding steroid dienone is 20. The summed E-state index contributed by atoms with van der Waals surface area (Å²) in [4.78, 5) is 73.2. The number of aliphatic hydroxyl groups is 1. The Hall–Kier alpha value is -4.54. The average molecular weight is 1530 g/mol. The van der Waals surface area contributed by atoms with Crippen molar-refractivity contribution < 1.29 is 80.2 Å². The van der Waals surface area contributed by atoms with E-state index in [1.807, 2.05) is 0 Å². The Morgan fingerprint density at radius 3 is 0.755 bits per heavy atom. The first-order valence-corrected chi connectivity index (χ1v) is 44.8. The quantitative estimate of drug-likeness (QED) is 0.0169. The van der Waals surface area contributed by atoms with Crippen LogP contribution < -0.4 is 0 Å². The molecule has 0 saturated carbocycles. The highest BCUT2D eigenvalue weighted by Crippen LogP contribution is 2.45. The van der Waals surface area contributed by atoms with E-state index in [2.05, 4.69) is 149 Å². The van der Waals surface area contributed by atoms with Crippen molar-refractivity contribution in [1.29, 1.82) is 0 Å². The van der Waals surface area contributed by atoms with Gasteiger partial charge in [0.15, 0.2) is 12.2 Å². The van der Waals surface area contributed by atoms with E-state index in [9.17, 15) is 43.2 Å². The molecule has 0 heterocycles. The summed E-state index contributed by atoms with van der Waals surface area (Å²) in [5.74, 6) is -2.22. The van der Waals surface area contributed by atoms with Crippen LogP contribution in [-0.2, 0) is 65.4 Å². The Morgan fingerprint density at radius 1 is 0.274 bits per heavy atom. The minimum Gasteiger partial charge on any atom is -0.462 e. The van der Waals surface area contributed by atoms with Crippen LogP contribution in [0.5, 0.6) is 0 Å². The van der Waals surface area contributed by atoms with Gasteiger partial charge in [-0.3, -0.25) is 37.3 Å². The van der Waals surface area contributed by atoms with Crippen LogP contribution >= 0.6 is 15.6 Å². The van der Waals surface area contributed by atoms with Gasteiger partial charge in [-0.2, -0.15) is 0 Å². The van der Waals surface area contributed by atoms with Gasteiger partial charge in [-0.05, 0) is 161 Å². The van der Waals surface area contributed by atoms with Gasteiger partial charge in [-0.25, -0.2) is 9.13 Å². The lowest BCUT2D eigenvalue weighted by Crippen LogP contribution is -2.30. The predicted octanol–water partition coefficient (Wildman–Crippen LogP) is 24.7. The lowest BCUT2D eigenvalue weighted by Gasteiger charge is -2.21. The molecule has 610 valence electrons. The van der Waals surface area contributed by atoms with E-state index >= 15 is 0 Å². The van der Waals surface area contributed by atoms with Gasteiger partial charge in [0.05, 0.1) is 26.4 Å². The van der Waals surface area contributed by atoms with Crippen LogP contribution in [0.2, 0.25) is 0 Å². The number of carbonyl (C=O) groups is 4. The van der Waals surface area contributed by atoms with E-state index in [1.165, 1.54) is 57.8 Å². The average Bonchev–Trinajstić information content (AvgIpc) is 0.907. The van der Waals surface area contributed by atoms with E-state index in [0.29, 0.717) is 25.7 Å². The van der Waals surface area contributed by atoms with Crippen molar-refractivity contribution in [3.05, 3.63) is 122 Å². The van der Waals surface area contributed by atoms with E-state index in [1.54, 1.807) is 0 Å². The summed E-state index contributed by atoms with van der Waals surface area (Å²) in [5, 5.41) is 10.7. The van der Waals surface area contributed by atoms with E-state index in [4.69, 9.17) is 37.0 Å². The van der Waals surface area contributed by atoms with Crippen LogP contribution in [0.3, 0.4) is 0 Å². The molecule has 19 heteroatoms. The molecule has 0 aromatic rings. The van der Waals surface area contributed by atoms with E-state index in [-0.39, 0.29) is 25.7 Å². The van der Waals surface area contributed by atoms with Crippen molar-refractivity contribution >= 4 is 39.5 Å². The maximum absolute atomic E-state index is 13.1. The largest absolute Gasteiger partial charge is 0.472 e. The Bertz CT molecular complexity index is 2480. The molecule has 0 radical (unpaired) electrons. The third-order valence-corrected chi connectivity index (χ3v) is 19.3. The Balaban J connectivity index is 5.40. The predicted molar refractivity (Wildman–Crippen MR) is 436 cm³/mol. The van der Waals surface area contributed by atoms with Gasteiger partial charge in [0.1, 0.15) is 19.3 Å². The molecule has 0 saturated heterocycles. The number of unbranched alkanes of at least 4 members (excludes halogenated alkanes) is 32. The molecule has 5 atom stereocenters. The molecule has 0 aromatic carbocycles. The molecule has 0 fully saturated rings. The lowest BCUT2D eigenvalue weighted by atomic mass is 10.1. The van der Waals surface area contributed by atoms with Crippen molar-refractivity contribution in [1.82, 2.24) is 0 Å². The zero-order chi connectivity index (χ0) is 77.4. The zero-order valence-electron chi connectivity index (χ0n) is 66.8. The van der Waals surface area contributed by atoms with Crippen LogP contribution in [0.4, 0.5) is 0 Å². The molecule has 0 amide bonds. The normalized spacial score (nSPS) is 14.4. The smallest absolute Gasteiger partial charge is 0.462 e. The second-order valence-electron chi connectivity index (χ2n) is 27.7. The first-order chi connectivity index (χ1) is 51.7. The molecular formula is C87H150O17P2. The van der Waals surface area contributed by atoms with Gasteiger partial charge in [0.2, 0.25) is 0 Å². The topological polar surface area (TPSA) is 237 Å². The fourth-order valence-corrected chi connectivity index (χ4v) is 12.6. The van der Waals surface area contributed by atoms with Crippen molar-refractivity contribution in [3.8, 4) is 0 Å². The van der Waals surface area contributed by atoms with E-state index < -0.39 is 97.5 Å². The van der Waals surface area contributed by atoms with Crippen LogP contribution in [0.1, 0.15) is 349 Å². The van der Waals surface area contributed by atoms with Crippen molar-refractivity contribution in [2.24, 2.45) is 0 Å². The molecular weight excluding hydrogens is 1380 g/mol. The standard InChI is InChI=1S/C87H150O17P2/c1-5-9-13-17-21-25-29-33-37-39-40-42-45-48-52-56-60-64-68-72-85(90)98-78-83(104-87(92)74-70-66-62-58-54-50-46-41-38-34-30-26-22-18-14-10-6-2)80-102-106(95,96)100-76-81(88)75-99-105(93,94)101-79-82(103-86(91)73-69-65-61-57-53-49-44-36-32-28-24-20-16-12-8-4)77-97-84(89)71-67-63-59-55-51-47-43-35-31-27-23-19-15-11-7-3/h10,14,21-28,33-38,40,42-44,81-83,88H,5-9,11-13,15-20,29-32,39,41,45-80H2,1-4H3,(H,93,94)(H,95,96)/b14-10-,25-21-,26-22-,27-23-,28-24-,37-33-,38-34-,42-40-,43-35-,44-36-. The summed E-state index contributed by atoms with van der Waals surface area (Å²) in [6.45, 7) is 4.67. The molecule has 0 aromatic heterocycles. The van der Waals surface area contributed by atoms with E-state index in [0.717, 1.165) is 212 Å². The highest BCUT2D eigenvalue weighted by atomic mass is 31.2. The lowest BCUT2D eigenvalue weighted by molar-refractivity contribution is -0.161. The molecule has 106 heavy (non-hydrogen) atoms. The van der Waals surface area contributed by atoms with Gasteiger partial charge < -0.3 is 33.8 Å². The monoisotopic (exact) mass is 1530 g/mol. The van der Waals surface area contributed by atoms with Gasteiger partial charge in [0.25, 0.3) is 0 Å². The maximum Gasteiger partial charge on any atom is 0.472 e. The second kappa shape index (κ2) is 78.6. The number of phosphoric ester groups is 2. The SMILES string of the molecule is CC/C=C\C/C=C\C/C=C\CCCCCCCCCC(=O)OC(COC(=O)CCCCCCCC/C=C\C/C=C\C/C=C\CCCCC)COP(=O)(O)OCC(O)COP(=O)(O)OCC(COC(=O)CCCCCCC/C=C\C/C=C\CCCCC)OC(=O)CCCCCCC/C=C\C/C=C\CCCCC. The number of rotatable bonds is 78. The summed E-state index contributed by atoms with van der Waals surface area (Å²) in [6, 6.07) is 0. The number of ether oxygens (including phenoxy) is 4. The molecule has 0 aliphatic heterocycles. The molecule has 17 nitrogen and oxygen atoms in total. The molecule has 0 aliphatic rings. The zero-order valence-corrected chi connectivity index (χ0v) is 68.6. The van der Waals surface area contributed by atoms with Crippen molar-refractivity contribution in [2.75, 3.05) is 39.6 Å². The maximum atomic E-state index is 13.1. The summed E-state index contributed by atoms with van der Waals surface area (Å²) in [5.41, 5.74) is 0. The fourth-order valence-electron chi connectivity index (χ4n) is 11.0. The highest BCUT2D eigenvalue weighted by Gasteiger charge is 2.30. The Labute approximate surface area is 644 Å². The minimum atomic E-state index is -4.99. The minimum absolute atomic E-state index is 0.0746. The Morgan fingerprint density at radius 2 is 0.491 bits per heavy atom. The molecule has 0 spiro atoms. The van der Waals surface area contributed by atoms with Crippen molar-refractivity contribution in [2.45, 2.75) is 367 Å². The summed E-state index contributed by atoms with van der Waals surface area (Å²) < 4.78 is 68.7. The third-order valence-electron chi connectivity index (χ3n) is 17.4. The van der Waals surface area contributed by atoms with Crippen LogP contribution in [-0.4, -0.2) is 96.7 Å². The molecule has 3 N–H and O–H groups in total. The number of hydrogen-bond donors (Lipinski definition) is 3. The molecule has 5 unspecified atom stereocenters. The number of phosphoric acid groups is 2. The number of hydrogen-bond acceptors (Lipinski definition) is 15. The molecule has 0 bridgehead atoms. The van der Waals surface area contributed by atoms with Crippen molar-refractivity contribution in [3.63, 3.8) is 0 Å². The third kappa shape index (κ3) is 77.6. The Kier molecular flexibility index (Phi) is 75.2. The van der Waals surface area contributed by atoms with Crippen LogP contribution in [0.25, 0.3) is 0 Å². The van der Waals surface area contributed by atoms with Gasteiger partial charge in [0, 0.05) is 25.7 Å². The first-order valence-electron chi connectivity index (χ1n) is 41.8. The van der Waals surface area contributed by atoms with Gasteiger partial charge >= 0.3 is 39.5 Å². The summed E-state index contributed by atoms with van der Waals surface area (Å²) in [6.07, 6.45) is 87.2. The summed E-state index contributed by atoms with van der Waals surface area (Å²) >= 11 is 0. The van der Waals surface area contributed by atoms with Crippen LogP contribution in [0.15, 0.2) is 122 Å². The number of aliphatic hydroxyl groups excluding tert-OH is 1. The van der Waals surface area contributed by atoms with Crippen LogP contribution in [0, 0.1) is 0 Å². The second-order valence-corrected chi connectivity index (χ2v) is 30.6. The number of esters is 4. The molecule has 0 rings (SSSR count). The first kappa shape index (κ1) is 101.